The number of carbonyl (C=O) groups is 1. The standard InChI is InChI=1S/C11H11F2NO2/c1-7(15)14-4-2-3-8-5-9(12)10(13)6-11(8)16/h2-3,5-6,16H,4H2,1H3,(H,14,15). The molecular weight excluding hydrogens is 216 g/mol. The van der Waals surface area contributed by atoms with Crippen LogP contribution in [0.3, 0.4) is 0 Å². The van der Waals surface area contributed by atoms with Gasteiger partial charge >= 0.3 is 0 Å². The van der Waals surface area contributed by atoms with Gasteiger partial charge in [-0.05, 0) is 6.07 Å². The summed E-state index contributed by atoms with van der Waals surface area (Å²) in [4.78, 5) is 10.5. The summed E-state index contributed by atoms with van der Waals surface area (Å²) in [6.45, 7) is 1.62. The summed E-state index contributed by atoms with van der Waals surface area (Å²) < 4.78 is 25.4. The van der Waals surface area contributed by atoms with Gasteiger partial charge in [0, 0.05) is 25.1 Å². The number of phenols is 1. The number of rotatable bonds is 3. The molecule has 0 heterocycles. The van der Waals surface area contributed by atoms with Crippen LogP contribution < -0.4 is 5.32 Å². The number of amides is 1. The molecule has 0 aliphatic carbocycles. The van der Waals surface area contributed by atoms with Gasteiger partial charge in [0.2, 0.25) is 5.91 Å². The van der Waals surface area contributed by atoms with Gasteiger partial charge in [0.15, 0.2) is 11.6 Å². The second-order valence-corrected chi connectivity index (χ2v) is 3.16. The average Bonchev–Trinajstić information content (AvgIpc) is 2.19. The summed E-state index contributed by atoms with van der Waals surface area (Å²) in [5.74, 6) is -2.68. The highest BCUT2D eigenvalue weighted by atomic mass is 19.2. The van der Waals surface area contributed by atoms with E-state index in [4.69, 9.17) is 0 Å². The van der Waals surface area contributed by atoms with Crippen LogP contribution in [-0.4, -0.2) is 17.6 Å². The lowest BCUT2D eigenvalue weighted by Crippen LogP contribution is -2.19. The Bertz CT molecular complexity index is 430. The zero-order valence-electron chi connectivity index (χ0n) is 8.63. The summed E-state index contributed by atoms with van der Waals surface area (Å²) in [5, 5.41) is 11.8. The zero-order chi connectivity index (χ0) is 12.1. The second-order valence-electron chi connectivity index (χ2n) is 3.16. The van der Waals surface area contributed by atoms with E-state index < -0.39 is 11.6 Å². The van der Waals surface area contributed by atoms with Crippen LogP contribution in [0.4, 0.5) is 8.78 Å². The van der Waals surface area contributed by atoms with Gasteiger partial charge in [-0.25, -0.2) is 8.78 Å². The Hall–Kier alpha value is -1.91. The van der Waals surface area contributed by atoms with Crippen LogP contribution in [0, 0.1) is 11.6 Å². The van der Waals surface area contributed by atoms with Crippen LogP contribution in [0.1, 0.15) is 12.5 Å². The number of hydrogen-bond acceptors (Lipinski definition) is 2. The predicted molar refractivity (Wildman–Crippen MR) is 55.7 cm³/mol. The highest BCUT2D eigenvalue weighted by Gasteiger charge is 2.06. The minimum absolute atomic E-state index is 0.157. The maximum atomic E-state index is 12.8. The van der Waals surface area contributed by atoms with Crippen molar-refractivity contribution in [1.29, 1.82) is 0 Å². The number of hydrogen-bond donors (Lipinski definition) is 2. The minimum Gasteiger partial charge on any atom is -0.507 e. The first kappa shape index (κ1) is 12.2. The van der Waals surface area contributed by atoms with Crippen molar-refractivity contribution in [1.82, 2.24) is 5.32 Å². The van der Waals surface area contributed by atoms with Crippen molar-refractivity contribution < 1.29 is 18.7 Å². The lowest BCUT2D eigenvalue weighted by molar-refractivity contribution is -0.118. The SMILES string of the molecule is CC(=O)NCC=Cc1cc(F)c(F)cc1O. The highest BCUT2D eigenvalue weighted by Crippen LogP contribution is 2.21. The molecule has 0 atom stereocenters. The molecule has 16 heavy (non-hydrogen) atoms. The summed E-state index contributed by atoms with van der Waals surface area (Å²) >= 11 is 0. The molecule has 0 fully saturated rings. The topological polar surface area (TPSA) is 49.3 Å². The smallest absolute Gasteiger partial charge is 0.217 e. The molecule has 0 saturated heterocycles. The molecule has 0 saturated carbocycles. The van der Waals surface area contributed by atoms with Crippen LogP contribution in [0.15, 0.2) is 18.2 Å². The quantitative estimate of drug-likeness (QED) is 0.827. The van der Waals surface area contributed by atoms with E-state index in [9.17, 15) is 18.7 Å². The van der Waals surface area contributed by atoms with Gasteiger partial charge in [0.25, 0.3) is 0 Å². The van der Waals surface area contributed by atoms with Crippen LogP contribution in [-0.2, 0) is 4.79 Å². The minimum atomic E-state index is -1.10. The predicted octanol–water partition coefficient (Wildman–Crippen LogP) is 1.82. The van der Waals surface area contributed by atoms with E-state index in [1.807, 2.05) is 0 Å². The molecule has 1 aromatic rings. The van der Waals surface area contributed by atoms with Gasteiger partial charge in [0.05, 0.1) is 0 Å². The maximum Gasteiger partial charge on any atom is 0.217 e. The molecule has 0 bridgehead atoms. The second kappa shape index (κ2) is 5.25. The van der Waals surface area contributed by atoms with Gasteiger partial charge in [-0.2, -0.15) is 0 Å². The number of nitrogens with one attached hydrogen (secondary N) is 1. The summed E-state index contributed by atoms with van der Waals surface area (Å²) in [5.41, 5.74) is 0.157. The lowest BCUT2D eigenvalue weighted by Gasteiger charge is -2.00. The van der Waals surface area contributed by atoms with Gasteiger partial charge < -0.3 is 10.4 Å². The van der Waals surface area contributed by atoms with E-state index in [0.717, 1.165) is 6.07 Å². The zero-order valence-corrected chi connectivity index (χ0v) is 8.63. The van der Waals surface area contributed by atoms with Crippen LogP contribution in [0.25, 0.3) is 6.08 Å². The Morgan fingerprint density at radius 1 is 1.44 bits per heavy atom. The third-order valence-corrected chi connectivity index (χ3v) is 1.84. The highest BCUT2D eigenvalue weighted by molar-refractivity contribution is 5.73. The number of aromatic hydroxyl groups is 1. The van der Waals surface area contributed by atoms with E-state index in [1.54, 1.807) is 0 Å². The molecule has 5 heteroatoms. The molecule has 2 N–H and O–H groups in total. The Kier molecular flexibility index (Phi) is 3.99. The molecule has 1 amide bonds. The van der Waals surface area contributed by atoms with Crippen molar-refractivity contribution in [2.45, 2.75) is 6.92 Å². The van der Waals surface area contributed by atoms with Crippen LogP contribution in [0.2, 0.25) is 0 Å². The fraction of sp³-hybridized carbons (Fsp3) is 0.182. The number of phenolic OH excluding ortho intramolecular Hbond substituents is 1. The molecule has 0 aromatic heterocycles. The van der Waals surface area contributed by atoms with Crippen LogP contribution >= 0.6 is 0 Å². The Balaban J connectivity index is 2.73. The summed E-state index contributed by atoms with van der Waals surface area (Å²) in [6, 6.07) is 1.59. The third-order valence-electron chi connectivity index (χ3n) is 1.84. The van der Waals surface area contributed by atoms with Gasteiger partial charge in [-0.3, -0.25) is 4.79 Å². The third kappa shape index (κ3) is 3.34. The van der Waals surface area contributed by atoms with Crippen molar-refractivity contribution in [3.05, 3.63) is 35.4 Å². The Morgan fingerprint density at radius 2 is 2.06 bits per heavy atom. The fourth-order valence-corrected chi connectivity index (χ4v) is 1.07. The monoisotopic (exact) mass is 227 g/mol. The normalized spacial score (nSPS) is 10.7. The molecule has 0 aliphatic heterocycles. The Labute approximate surface area is 91.4 Å². The summed E-state index contributed by atoms with van der Waals surface area (Å²) in [6.07, 6.45) is 2.92. The van der Waals surface area contributed by atoms with Gasteiger partial charge in [0.1, 0.15) is 5.75 Å². The van der Waals surface area contributed by atoms with Crippen molar-refractivity contribution in [2.75, 3.05) is 6.54 Å². The van der Waals surface area contributed by atoms with Gasteiger partial charge in [-0.1, -0.05) is 12.2 Å². The molecule has 0 radical (unpaired) electrons. The van der Waals surface area contributed by atoms with E-state index in [2.05, 4.69) is 5.32 Å². The molecule has 0 spiro atoms. The molecule has 0 unspecified atom stereocenters. The Morgan fingerprint density at radius 3 is 2.69 bits per heavy atom. The first-order chi connectivity index (χ1) is 7.50. The molecule has 86 valence electrons. The lowest BCUT2D eigenvalue weighted by atomic mass is 10.1. The molecular formula is C11H11F2NO2. The van der Waals surface area contributed by atoms with Crippen molar-refractivity contribution >= 4 is 12.0 Å². The maximum absolute atomic E-state index is 12.8. The first-order valence-corrected chi connectivity index (χ1v) is 4.59. The molecule has 1 rings (SSSR count). The van der Waals surface area contributed by atoms with E-state index in [-0.39, 0.29) is 23.8 Å². The number of benzene rings is 1. The van der Waals surface area contributed by atoms with Crippen molar-refractivity contribution in [3.8, 4) is 5.75 Å². The molecule has 1 aromatic carbocycles. The van der Waals surface area contributed by atoms with E-state index >= 15 is 0 Å². The van der Waals surface area contributed by atoms with E-state index in [1.165, 1.54) is 19.1 Å². The summed E-state index contributed by atoms with van der Waals surface area (Å²) in [7, 11) is 0. The van der Waals surface area contributed by atoms with Crippen molar-refractivity contribution in [2.24, 2.45) is 0 Å². The first-order valence-electron chi connectivity index (χ1n) is 4.59. The number of halogens is 2. The van der Waals surface area contributed by atoms with Crippen LogP contribution in [0.5, 0.6) is 5.75 Å². The van der Waals surface area contributed by atoms with Crippen molar-refractivity contribution in [3.63, 3.8) is 0 Å². The molecule has 0 aliphatic rings. The van der Waals surface area contributed by atoms with Gasteiger partial charge in [-0.15, -0.1) is 0 Å². The van der Waals surface area contributed by atoms with E-state index in [0.29, 0.717) is 6.07 Å². The average molecular weight is 227 g/mol. The fourth-order valence-electron chi connectivity index (χ4n) is 1.07. The largest absolute Gasteiger partial charge is 0.507 e. The number of carbonyl (C=O) groups excluding carboxylic acids is 1. The molecule has 3 nitrogen and oxygen atoms in total.